The fourth-order valence-corrected chi connectivity index (χ4v) is 3.35. The molecule has 0 aliphatic heterocycles. The smallest absolute Gasteiger partial charge is 0.405 e. The van der Waals surface area contributed by atoms with Crippen LogP contribution in [0.4, 0.5) is 13.2 Å². The van der Waals surface area contributed by atoms with Crippen LogP contribution >= 0.6 is 0 Å². The normalized spacial score (nSPS) is 16.0. The van der Waals surface area contributed by atoms with Gasteiger partial charge >= 0.3 is 6.36 Å². The maximum atomic E-state index is 12.7. The minimum atomic E-state index is -4.73. The SMILES string of the molecule is C=Cc1ccc(OC(F)(F)F)c(-c2cnn(CC3CCCCC3)c2)c1. The van der Waals surface area contributed by atoms with E-state index in [4.69, 9.17) is 0 Å². The summed E-state index contributed by atoms with van der Waals surface area (Å²) in [5.74, 6) is 0.363. The number of hydrogen-bond acceptors (Lipinski definition) is 2. The predicted octanol–water partition coefficient (Wildman–Crippen LogP) is 5.67. The molecule has 0 atom stereocenters. The molecule has 0 saturated heterocycles. The Labute approximate surface area is 145 Å². The van der Waals surface area contributed by atoms with E-state index in [1.165, 1.54) is 38.2 Å². The Morgan fingerprint density at radius 2 is 2.00 bits per heavy atom. The number of aromatic nitrogens is 2. The highest BCUT2D eigenvalue weighted by atomic mass is 19.4. The molecule has 1 aromatic heterocycles. The number of rotatable bonds is 5. The number of hydrogen-bond donors (Lipinski definition) is 0. The van der Waals surface area contributed by atoms with Gasteiger partial charge < -0.3 is 4.74 Å². The first-order chi connectivity index (χ1) is 11.9. The molecule has 0 unspecified atom stereocenters. The summed E-state index contributed by atoms with van der Waals surface area (Å²) in [6.07, 6.45) is 6.37. The molecule has 0 spiro atoms. The number of ether oxygens (including phenoxy) is 1. The molecule has 0 radical (unpaired) electrons. The van der Waals surface area contributed by atoms with Gasteiger partial charge in [0.1, 0.15) is 5.75 Å². The van der Waals surface area contributed by atoms with Crippen molar-refractivity contribution in [2.75, 3.05) is 0 Å². The average Bonchev–Trinajstić information content (AvgIpc) is 3.03. The zero-order chi connectivity index (χ0) is 17.9. The highest BCUT2D eigenvalue weighted by Crippen LogP contribution is 2.35. The Morgan fingerprint density at radius 3 is 2.68 bits per heavy atom. The van der Waals surface area contributed by atoms with E-state index < -0.39 is 6.36 Å². The molecule has 1 saturated carbocycles. The van der Waals surface area contributed by atoms with E-state index in [1.54, 1.807) is 30.6 Å². The standard InChI is InChI=1S/C19H21F3N2O/c1-2-14-8-9-18(25-19(20,21)22)17(10-14)16-11-23-24(13-16)12-15-6-4-3-5-7-15/h2,8-11,13,15H,1,3-7,12H2. The van der Waals surface area contributed by atoms with Crippen molar-refractivity contribution in [2.45, 2.75) is 45.0 Å². The second-order valence-electron chi connectivity index (χ2n) is 6.46. The number of nitrogens with zero attached hydrogens (tertiary/aromatic N) is 2. The Kier molecular flexibility index (Phi) is 5.16. The Hall–Kier alpha value is -2.24. The van der Waals surface area contributed by atoms with Gasteiger partial charge in [-0.05, 0) is 36.5 Å². The molecular weight excluding hydrogens is 329 g/mol. The van der Waals surface area contributed by atoms with Gasteiger partial charge in [0.15, 0.2) is 0 Å². The maximum absolute atomic E-state index is 12.7. The molecule has 0 bridgehead atoms. The lowest BCUT2D eigenvalue weighted by molar-refractivity contribution is -0.274. The summed E-state index contributed by atoms with van der Waals surface area (Å²) in [7, 11) is 0. The number of benzene rings is 1. The van der Waals surface area contributed by atoms with E-state index in [0.717, 1.165) is 12.1 Å². The van der Waals surface area contributed by atoms with Crippen molar-refractivity contribution in [3.63, 3.8) is 0 Å². The monoisotopic (exact) mass is 350 g/mol. The maximum Gasteiger partial charge on any atom is 0.573 e. The molecule has 25 heavy (non-hydrogen) atoms. The van der Waals surface area contributed by atoms with Gasteiger partial charge in [-0.15, -0.1) is 13.2 Å². The summed E-state index contributed by atoms with van der Waals surface area (Å²) < 4.78 is 44.0. The van der Waals surface area contributed by atoms with Gasteiger partial charge in [0.25, 0.3) is 0 Å². The second-order valence-corrected chi connectivity index (χ2v) is 6.46. The van der Waals surface area contributed by atoms with Gasteiger partial charge in [-0.3, -0.25) is 4.68 Å². The lowest BCUT2D eigenvalue weighted by Crippen LogP contribution is -2.17. The first-order valence-corrected chi connectivity index (χ1v) is 8.49. The van der Waals surface area contributed by atoms with Crippen LogP contribution in [0.15, 0.2) is 37.2 Å². The van der Waals surface area contributed by atoms with Crippen molar-refractivity contribution in [1.29, 1.82) is 0 Å². The van der Waals surface area contributed by atoms with Gasteiger partial charge in [0.2, 0.25) is 0 Å². The molecule has 1 aromatic carbocycles. The van der Waals surface area contributed by atoms with Gasteiger partial charge in [-0.2, -0.15) is 5.10 Å². The molecule has 1 fully saturated rings. The Balaban J connectivity index is 1.85. The van der Waals surface area contributed by atoms with E-state index in [-0.39, 0.29) is 5.75 Å². The van der Waals surface area contributed by atoms with Crippen molar-refractivity contribution in [3.05, 3.63) is 42.7 Å². The van der Waals surface area contributed by atoms with Crippen LogP contribution in [0.2, 0.25) is 0 Å². The first-order valence-electron chi connectivity index (χ1n) is 8.49. The zero-order valence-corrected chi connectivity index (χ0v) is 13.9. The van der Waals surface area contributed by atoms with Crippen molar-refractivity contribution < 1.29 is 17.9 Å². The van der Waals surface area contributed by atoms with Crippen LogP contribution in [0.1, 0.15) is 37.7 Å². The minimum absolute atomic E-state index is 0.227. The lowest BCUT2D eigenvalue weighted by Gasteiger charge is -2.21. The summed E-state index contributed by atoms with van der Waals surface area (Å²) in [6, 6.07) is 4.50. The van der Waals surface area contributed by atoms with Crippen LogP contribution in [0.5, 0.6) is 5.75 Å². The van der Waals surface area contributed by atoms with Gasteiger partial charge in [-0.25, -0.2) is 0 Å². The molecule has 3 nitrogen and oxygen atoms in total. The lowest BCUT2D eigenvalue weighted by atomic mass is 9.89. The summed E-state index contributed by atoms with van der Waals surface area (Å²) in [4.78, 5) is 0. The van der Waals surface area contributed by atoms with E-state index in [2.05, 4.69) is 16.4 Å². The Bertz CT molecular complexity index is 731. The predicted molar refractivity (Wildman–Crippen MR) is 91.0 cm³/mol. The van der Waals surface area contributed by atoms with E-state index in [0.29, 0.717) is 17.0 Å². The summed E-state index contributed by atoms with van der Waals surface area (Å²) in [5, 5.41) is 4.33. The molecule has 0 N–H and O–H groups in total. The molecule has 1 heterocycles. The van der Waals surface area contributed by atoms with Crippen LogP contribution in [-0.4, -0.2) is 16.1 Å². The van der Waals surface area contributed by atoms with E-state index in [9.17, 15) is 13.2 Å². The summed E-state index contributed by atoms with van der Waals surface area (Å²) in [6.45, 7) is 4.47. The van der Waals surface area contributed by atoms with Crippen molar-refractivity contribution in [1.82, 2.24) is 9.78 Å². The van der Waals surface area contributed by atoms with Crippen LogP contribution in [0, 0.1) is 5.92 Å². The molecule has 6 heteroatoms. The number of alkyl halides is 3. The molecule has 2 aromatic rings. The third-order valence-corrected chi connectivity index (χ3v) is 4.58. The summed E-state index contributed by atoms with van der Waals surface area (Å²) >= 11 is 0. The van der Waals surface area contributed by atoms with E-state index >= 15 is 0 Å². The first kappa shape index (κ1) is 17.6. The van der Waals surface area contributed by atoms with Gasteiger partial charge in [0.05, 0.1) is 6.20 Å². The van der Waals surface area contributed by atoms with Crippen molar-refractivity contribution in [3.8, 4) is 16.9 Å². The highest BCUT2D eigenvalue weighted by molar-refractivity contribution is 5.72. The van der Waals surface area contributed by atoms with Crippen LogP contribution in [0.3, 0.4) is 0 Å². The third kappa shape index (κ3) is 4.65. The molecular formula is C19H21F3N2O. The van der Waals surface area contributed by atoms with Crippen LogP contribution < -0.4 is 4.74 Å². The topological polar surface area (TPSA) is 27.1 Å². The minimum Gasteiger partial charge on any atom is -0.405 e. The second kappa shape index (κ2) is 7.33. The third-order valence-electron chi connectivity index (χ3n) is 4.58. The molecule has 1 aliphatic carbocycles. The Morgan fingerprint density at radius 1 is 1.24 bits per heavy atom. The molecule has 3 rings (SSSR count). The molecule has 134 valence electrons. The quantitative estimate of drug-likeness (QED) is 0.694. The fraction of sp³-hybridized carbons (Fsp3) is 0.421. The van der Waals surface area contributed by atoms with Gasteiger partial charge in [0, 0.05) is 23.9 Å². The molecule has 0 amide bonds. The van der Waals surface area contributed by atoms with Gasteiger partial charge in [-0.1, -0.05) is 38.0 Å². The number of halogens is 3. The molecule has 1 aliphatic rings. The van der Waals surface area contributed by atoms with E-state index in [1.807, 2.05) is 4.68 Å². The van der Waals surface area contributed by atoms with Crippen LogP contribution in [0.25, 0.3) is 17.2 Å². The highest BCUT2D eigenvalue weighted by Gasteiger charge is 2.32. The zero-order valence-electron chi connectivity index (χ0n) is 13.9. The van der Waals surface area contributed by atoms with Crippen LogP contribution in [-0.2, 0) is 6.54 Å². The summed E-state index contributed by atoms with van der Waals surface area (Å²) in [5.41, 5.74) is 1.70. The van der Waals surface area contributed by atoms with Crippen molar-refractivity contribution in [2.24, 2.45) is 5.92 Å². The largest absolute Gasteiger partial charge is 0.573 e. The average molecular weight is 350 g/mol. The fourth-order valence-electron chi connectivity index (χ4n) is 3.35. The van der Waals surface area contributed by atoms with Crippen molar-refractivity contribution >= 4 is 6.08 Å².